The molecule has 0 unspecified atom stereocenters. The van der Waals surface area contributed by atoms with E-state index in [4.69, 9.17) is 11.6 Å². The van der Waals surface area contributed by atoms with E-state index in [9.17, 15) is 0 Å². The molecule has 0 aliphatic heterocycles. The van der Waals surface area contributed by atoms with Crippen molar-refractivity contribution >= 4 is 27.5 Å². The monoisotopic (exact) mass is 311 g/mol. The molecule has 3 rings (SSSR count). The van der Waals surface area contributed by atoms with Crippen LogP contribution < -0.4 is 0 Å². The summed E-state index contributed by atoms with van der Waals surface area (Å²) in [5, 5.41) is 8.43. The summed E-state index contributed by atoms with van der Waals surface area (Å²) in [4.78, 5) is 0. The van der Waals surface area contributed by atoms with Gasteiger partial charge in [0, 0.05) is 16.1 Å². The minimum absolute atomic E-state index is 0.417. The van der Waals surface area contributed by atoms with E-state index in [2.05, 4.69) is 30.7 Å². The van der Waals surface area contributed by atoms with Gasteiger partial charge in [-0.15, -0.1) is 21.8 Å². The van der Waals surface area contributed by atoms with Crippen molar-refractivity contribution in [2.24, 2.45) is 0 Å². The number of rotatable bonds is 3. The molecule has 3 nitrogen and oxygen atoms in total. The summed E-state index contributed by atoms with van der Waals surface area (Å²) in [5.41, 5.74) is 1.09. The largest absolute Gasteiger partial charge is 0.307 e. The lowest BCUT2D eigenvalue weighted by atomic mass is 10.2. The SMILES string of the molecule is ClCc1nnc(-c2ccc(Br)cc2)n1C1CC1. The van der Waals surface area contributed by atoms with Crippen LogP contribution in [0.4, 0.5) is 0 Å². The van der Waals surface area contributed by atoms with Crippen molar-refractivity contribution < 1.29 is 0 Å². The second-order valence-corrected chi connectivity index (χ2v) is 5.36. The molecule has 17 heavy (non-hydrogen) atoms. The first-order chi connectivity index (χ1) is 8.29. The quantitative estimate of drug-likeness (QED) is 0.808. The van der Waals surface area contributed by atoms with Crippen molar-refractivity contribution in [1.29, 1.82) is 0 Å². The second-order valence-electron chi connectivity index (χ2n) is 4.18. The summed E-state index contributed by atoms with van der Waals surface area (Å²) in [5.74, 6) is 2.21. The van der Waals surface area contributed by atoms with Gasteiger partial charge in [-0.3, -0.25) is 0 Å². The van der Waals surface area contributed by atoms with Crippen LogP contribution in [0.1, 0.15) is 24.7 Å². The number of hydrogen-bond donors (Lipinski definition) is 0. The molecule has 1 heterocycles. The fraction of sp³-hybridized carbons (Fsp3) is 0.333. The van der Waals surface area contributed by atoms with Crippen LogP contribution in [0.15, 0.2) is 28.7 Å². The first-order valence-corrected chi connectivity index (χ1v) is 6.88. The lowest BCUT2D eigenvalue weighted by Gasteiger charge is -2.07. The van der Waals surface area contributed by atoms with Gasteiger partial charge in [0.15, 0.2) is 5.82 Å². The first kappa shape index (κ1) is 11.2. The maximum absolute atomic E-state index is 5.90. The van der Waals surface area contributed by atoms with Gasteiger partial charge in [-0.1, -0.05) is 28.1 Å². The molecule has 1 aliphatic rings. The van der Waals surface area contributed by atoms with E-state index >= 15 is 0 Å². The minimum Gasteiger partial charge on any atom is -0.307 e. The Morgan fingerprint density at radius 2 is 1.94 bits per heavy atom. The summed E-state index contributed by atoms with van der Waals surface area (Å²) in [6.07, 6.45) is 2.40. The summed E-state index contributed by atoms with van der Waals surface area (Å²) in [6.45, 7) is 0. The normalized spacial score (nSPS) is 15.2. The molecule has 88 valence electrons. The van der Waals surface area contributed by atoms with Crippen molar-refractivity contribution in [2.75, 3.05) is 0 Å². The average Bonchev–Trinajstić information content (AvgIpc) is 3.10. The molecule has 1 aromatic heterocycles. The lowest BCUT2D eigenvalue weighted by molar-refractivity contribution is 0.712. The van der Waals surface area contributed by atoms with Gasteiger partial charge in [0.1, 0.15) is 5.82 Å². The van der Waals surface area contributed by atoms with Gasteiger partial charge >= 0.3 is 0 Å². The molecular formula is C12H11BrClN3. The van der Waals surface area contributed by atoms with Gasteiger partial charge in [-0.25, -0.2) is 0 Å². The van der Waals surface area contributed by atoms with Crippen LogP contribution in [-0.2, 0) is 5.88 Å². The van der Waals surface area contributed by atoms with Gasteiger partial charge in [-0.05, 0) is 25.0 Å². The van der Waals surface area contributed by atoms with E-state index < -0.39 is 0 Å². The molecule has 0 amide bonds. The summed E-state index contributed by atoms with van der Waals surface area (Å²) in [7, 11) is 0. The molecular weight excluding hydrogens is 302 g/mol. The van der Waals surface area contributed by atoms with Crippen molar-refractivity contribution in [3.63, 3.8) is 0 Å². The summed E-state index contributed by atoms with van der Waals surface area (Å²) >= 11 is 9.33. The minimum atomic E-state index is 0.417. The number of alkyl halides is 1. The van der Waals surface area contributed by atoms with E-state index in [0.29, 0.717) is 11.9 Å². The van der Waals surface area contributed by atoms with E-state index in [1.807, 2.05) is 24.3 Å². The van der Waals surface area contributed by atoms with Crippen LogP contribution in [0.3, 0.4) is 0 Å². The molecule has 0 spiro atoms. The van der Waals surface area contributed by atoms with Crippen molar-refractivity contribution in [3.8, 4) is 11.4 Å². The molecule has 1 aromatic carbocycles. The second kappa shape index (κ2) is 4.42. The Morgan fingerprint density at radius 1 is 1.24 bits per heavy atom. The van der Waals surface area contributed by atoms with Crippen molar-refractivity contribution in [2.45, 2.75) is 24.8 Å². The number of halogens is 2. The van der Waals surface area contributed by atoms with Crippen LogP contribution >= 0.6 is 27.5 Å². The molecule has 0 N–H and O–H groups in total. The highest BCUT2D eigenvalue weighted by Crippen LogP contribution is 2.39. The Labute approximate surface area is 113 Å². The Kier molecular flexibility index (Phi) is 2.92. The number of aromatic nitrogens is 3. The molecule has 1 saturated carbocycles. The van der Waals surface area contributed by atoms with Crippen molar-refractivity contribution in [3.05, 3.63) is 34.6 Å². The standard InChI is InChI=1S/C12H11BrClN3/c13-9-3-1-8(2-4-9)12-16-15-11(7-14)17(12)10-5-6-10/h1-4,10H,5-7H2. The summed E-state index contributed by atoms with van der Waals surface area (Å²) in [6, 6.07) is 8.66. The van der Waals surface area contributed by atoms with Gasteiger partial charge in [0.05, 0.1) is 5.88 Å². The van der Waals surface area contributed by atoms with E-state index in [-0.39, 0.29) is 0 Å². The third kappa shape index (κ3) is 2.11. The predicted molar refractivity (Wildman–Crippen MR) is 71.0 cm³/mol. The Hall–Kier alpha value is -0.870. The Morgan fingerprint density at radius 3 is 2.53 bits per heavy atom. The van der Waals surface area contributed by atoms with Crippen LogP contribution in [0.5, 0.6) is 0 Å². The molecule has 0 bridgehead atoms. The number of benzene rings is 1. The fourth-order valence-corrected chi connectivity index (χ4v) is 2.37. The van der Waals surface area contributed by atoms with Gasteiger partial charge in [0.25, 0.3) is 0 Å². The fourth-order valence-electron chi connectivity index (χ4n) is 1.93. The molecule has 1 fully saturated rings. The maximum atomic E-state index is 5.90. The van der Waals surface area contributed by atoms with Crippen molar-refractivity contribution in [1.82, 2.24) is 14.8 Å². The number of hydrogen-bond acceptors (Lipinski definition) is 2. The third-order valence-electron chi connectivity index (χ3n) is 2.90. The van der Waals surface area contributed by atoms with Crippen LogP contribution in [-0.4, -0.2) is 14.8 Å². The average molecular weight is 313 g/mol. The van der Waals surface area contributed by atoms with E-state index in [1.54, 1.807) is 0 Å². The molecule has 2 aromatic rings. The molecule has 0 radical (unpaired) electrons. The highest BCUT2D eigenvalue weighted by molar-refractivity contribution is 9.10. The third-order valence-corrected chi connectivity index (χ3v) is 3.67. The highest BCUT2D eigenvalue weighted by atomic mass is 79.9. The van der Waals surface area contributed by atoms with Crippen LogP contribution in [0.2, 0.25) is 0 Å². The zero-order valence-electron chi connectivity index (χ0n) is 9.11. The Bertz CT molecular complexity index is 531. The maximum Gasteiger partial charge on any atom is 0.164 e. The van der Waals surface area contributed by atoms with Crippen LogP contribution in [0.25, 0.3) is 11.4 Å². The van der Waals surface area contributed by atoms with Crippen LogP contribution in [0, 0.1) is 0 Å². The Balaban J connectivity index is 2.07. The van der Waals surface area contributed by atoms with E-state index in [1.165, 1.54) is 12.8 Å². The van der Waals surface area contributed by atoms with Gasteiger partial charge < -0.3 is 4.57 Å². The highest BCUT2D eigenvalue weighted by Gasteiger charge is 2.29. The summed E-state index contributed by atoms with van der Waals surface area (Å²) < 4.78 is 3.24. The zero-order valence-corrected chi connectivity index (χ0v) is 11.4. The topological polar surface area (TPSA) is 30.7 Å². The molecule has 1 aliphatic carbocycles. The number of nitrogens with zero attached hydrogens (tertiary/aromatic N) is 3. The lowest BCUT2D eigenvalue weighted by Crippen LogP contribution is -2.01. The first-order valence-electron chi connectivity index (χ1n) is 5.55. The molecule has 5 heteroatoms. The smallest absolute Gasteiger partial charge is 0.164 e. The zero-order chi connectivity index (χ0) is 11.8. The van der Waals surface area contributed by atoms with E-state index in [0.717, 1.165) is 21.7 Å². The van der Waals surface area contributed by atoms with Gasteiger partial charge in [0.2, 0.25) is 0 Å². The predicted octanol–water partition coefficient (Wildman–Crippen LogP) is 3.78. The molecule has 0 atom stereocenters. The van der Waals surface area contributed by atoms with Gasteiger partial charge in [-0.2, -0.15) is 0 Å². The molecule has 0 saturated heterocycles.